The van der Waals surface area contributed by atoms with E-state index in [2.05, 4.69) is 39.8 Å². The lowest BCUT2D eigenvalue weighted by Gasteiger charge is -2.32. The molecule has 4 heteroatoms. The quantitative estimate of drug-likeness (QED) is 0.367. The van der Waals surface area contributed by atoms with E-state index in [1.54, 1.807) is 12.1 Å². The molecule has 2 unspecified atom stereocenters. The van der Waals surface area contributed by atoms with Gasteiger partial charge in [0, 0.05) is 11.8 Å². The van der Waals surface area contributed by atoms with Crippen LogP contribution < -0.4 is 0 Å². The maximum Gasteiger partial charge on any atom is 0.338 e. The van der Waals surface area contributed by atoms with Gasteiger partial charge in [0.25, 0.3) is 0 Å². The standard InChI is InChI=1S/C31H32O4/c1-18(2)20-9-7-11-22(15-20)30(32)34-28-26-17-27(25-14-6-5-13-24(25)26)29(28)35-31(33)23-12-8-10-21(16-23)19(3)4/h5-16,18-19,26-29H,17H2,1-4H3/t26?,27?,28-,29+. The lowest BCUT2D eigenvalue weighted by molar-refractivity contribution is -0.0348. The van der Waals surface area contributed by atoms with Gasteiger partial charge in [-0.25, -0.2) is 9.59 Å². The van der Waals surface area contributed by atoms with Crippen molar-refractivity contribution >= 4 is 11.9 Å². The van der Waals surface area contributed by atoms with E-state index >= 15 is 0 Å². The van der Waals surface area contributed by atoms with Crippen molar-refractivity contribution in [3.05, 3.63) is 106 Å². The summed E-state index contributed by atoms with van der Waals surface area (Å²) in [6, 6.07) is 23.4. The molecule has 0 aromatic heterocycles. The van der Waals surface area contributed by atoms with Gasteiger partial charge in [0.2, 0.25) is 0 Å². The van der Waals surface area contributed by atoms with Crippen LogP contribution in [0.25, 0.3) is 0 Å². The molecule has 4 atom stereocenters. The summed E-state index contributed by atoms with van der Waals surface area (Å²) in [7, 11) is 0. The Morgan fingerprint density at radius 1 is 0.657 bits per heavy atom. The van der Waals surface area contributed by atoms with Crippen LogP contribution in [-0.4, -0.2) is 24.1 Å². The summed E-state index contributed by atoms with van der Waals surface area (Å²) in [6.07, 6.45) is -0.211. The molecule has 2 bridgehead atoms. The van der Waals surface area contributed by atoms with E-state index in [1.165, 1.54) is 11.1 Å². The van der Waals surface area contributed by atoms with Crippen LogP contribution in [0.5, 0.6) is 0 Å². The van der Waals surface area contributed by atoms with Crippen molar-refractivity contribution < 1.29 is 19.1 Å². The van der Waals surface area contributed by atoms with E-state index in [1.807, 2.05) is 48.5 Å². The van der Waals surface area contributed by atoms with Crippen LogP contribution in [0.4, 0.5) is 0 Å². The predicted molar refractivity (Wildman–Crippen MR) is 136 cm³/mol. The fourth-order valence-electron chi connectivity index (χ4n) is 5.53. The highest BCUT2D eigenvalue weighted by molar-refractivity contribution is 5.91. The Labute approximate surface area is 207 Å². The fraction of sp³-hybridized carbons (Fsp3) is 0.355. The molecule has 4 nitrogen and oxygen atoms in total. The highest BCUT2D eigenvalue weighted by Gasteiger charge is 2.55. The van der Waals surface area contributed by atoms with Crippen LogP contribution in [-0.2, 0) is 9.47 Å². The number of hydrogen-bond donors (Lipinski definition) is 0. The third-order valence-electron chi connectivity index (χ3n) is 7.48. The van der Waals surface area contributed by atoms with E-state index in [0.717, 1.165) is 17.5 Å². The fourth-order valence-corrected chi connectivity index (χ4v) is 5.53. The van der Waals surface area contributed by atoms with E-state index in [0.29, 0.717) is 23.0 Å². The van der Waals surface area contributed by atoms with Gasteiger partial charge < -0.3 is 9.47 Å². The van der Waals surface area contributed by atoms with E-state index in [4.69, 9.17) is 9.47 Å². The SMILES string of the molecule is CC(C)c1cccc(C(=O)O[C@@H]2C3CC(c4ccccc43)[C@@H]2OC(=O)c2cccc(C(C)C)c2)c1. The zero-order valence-corrected chi connectivity index (χ0v) is 20.7. The molecule has 180 valence electrons. The van der Waals surface area contributed by atoms with Gasteiger partial charge in [0.1, 0.15) is 12.2 Å². The average molecular weight is 469 g/mol. The summed E-state index contributed by atoms with van der Waals surface area (Å²) in [4.78, 5) is 26.4. The molecule has 2 aliphatic rings. The topological polar surface area (TPSA) is 52.6 Å². The number of carbonyl (C=O) groups is 2. The van der Waals surface area contributed by atoms with Crippen LogP contribution in [0.15, 0.2) is 72.8 Å². The second-order valence-electron chi connectivity index (χ2n) is 10.4. The number of carbonyl (C=O) groups excluding carboxylic acids is 2. The van der Waals surface area contributed by atoms with Gasteiger partial charge in [0.15, 0.2) is 0 Å². The minimum absolute atomic E-state index is 0.0215. The normalized spacial score (nSPS) is 22.3. The van der Waals surface area contributed by atoms with Gasteiger partial charge in [-0.1, -0.05) is 76.2 Å². The van der Waals surface area contributed by atoms with Gasteiger partial charge >= 0.3 is 11.9 Å². The van der Waals surface area contributed by atoms with E-state index in [-0.39, 0.29) is 23.8 Å². The summed E-state index contributed by atoms with van der Waals surface area (Å²) < 4.78 is 12.2. The first-order chi connectivity index (χ1) is 16.8. The molecule has 0 saturated heterocycles. The molecule has 5 rings (SSSR count). The Morgan fingerprint density at radius 2 is 1.09 bits per heavy atom. The second kappa shape index (κ2) is 9.33. The summed E-state index contributed by atoms with van der Waals surface area (Å²) in [5, 5.41) is 0. The molecule has 3 aromatic carbocycles. The molecule has 0 N–H and O–H groups in total. The lowest BCUT2D eigenvalue weighted by atomic mass is 9.87. The Balaban J connectivity index is 1.42. The Hall–Kier alpha value is -3.40. The van der Waals surface area contributed by atoms with E-state index < -0.39 is 12.2 Å². The molecule has 0 aliphatic heterocycles. The van der Waals surface area contributed by atoms with Gasteiger partial charge in [-0.3, -0.25) is 0 Å². The van der Waals surface area contributed by atoms with Crippen molar-refractivity contribution in [2.75, 3.05) is 0 Å². The molecular formula is C31H32O4. The Bertz CT molecular complexity index is 1160. The maximum absolute atomic E-state index is 13.2. The summed E-state index contributed by atoms with van der Waals surface area (Å²) in [5.41, 5.74) is 5.63. The first-order valence-corrected chi connectivity index (χ1v) is 12.5. The van der Waals surface area contributed by atoms with Gasteiger partial charge in [-0.05, 0) is 64.8 Å². The Morgan fingerprint density at radius 3 is 1.49 bits per heavy atom. The first-order valence-electron chi connectivity index (χ1n) is 12.5. The smallest absolute Gasteiger partial charge is 0.338 e. The number of fused-ring (bicyclic) bond motifs is 5. The molecule has 35 heavy (non-hydrogen) atoms. The zero-order valence-electron chi connectivity index (χ0n) is 20.7. The highest BCUT2D eigenvalue weighted by Crippen LogP contribution is 2.55. The molecule has 0 heterocycles. The van der Waals surface area contributed by atoms with Crippen LogP contribution in [0, 0.1) is 0 Å². The van der Waals surface area contributed by atoms with Crippen molar-refractivity contribution in [2.45, 2.75) is 70.0 Å². The molecule has 1 fully saturated rings. The molecular weight excluding hydrogens is 436 g/mol. The summed E-state index contributed by atoms with van der Waals surface area (Å²) in [5.74, 6) is -0.0721. The summed E-state index contributed by atoms with van der Waals surface area (Å²) >= 11 is 0. The van der Waals surface area contributed by atoms with Crippen molar-refractivity contribution in [3.8, 4) is 0 Å². The number of benzene rings is 3. The number of hydrogen-bond acceptors (Lipinski definition) is 4. The summed E-state index contributed by atoms with van der Waals surface area (Å²) in [6.45, 7) is 8.39. The molecule has 2 aliphatic carbocycles. The minimum atomic E-state index is -0.512. The van der Waals surface area contributed by atoms with Crippen molar-refractivity contribution in [3.63, 3.8) is 0 Å². The van der Waals surface area contributed by atoms with Crippen LogP contribution in [0.2, 0.25) is 0 Å². The number of ether oxygens (including phenoxy) is 2. The largest absolute Gasteiger partial charge is 0.454 e. The minimum Gasteiger partial charge on any atom is -0.454 e. The molecule has 0 spiro atoms. The van der Waals surface area contributed by atoms with E-state index in [9.17, 15) is 9.59 Å². The van der Waals surface area contributed by atoms with Crippen LogP contribution >= 0.6 is 0 Å². The molecule has 0 radical (unpaired) electrons. The number of esters is 2. The highest BCUT2D eigenvalue weighted by atomic mass is 16.6. The van der Waals surface area contributed by atoms with Gasteiger partial charge in [0.05, 0.1) is 11.1 Å². The lowest BCUT2D eigenvalue weighted by Crippen LogP contribution is -2.39. The van der Waals surface area contributed by atoms with Gasteiger partial charge in [-0.15, -0.1) is 0 Å². The second-order valence-corrected chi connectivity index (χ2v) is 10.4. The van der Waals surface area contributed by atoms with Crippen molar-refractivity contribution in [1.29, 1.82) is 0 Å². The monoisotopic (exact) mass is 468 g/mol. The maximum atomic E-state index is 13.2. The number of rotatable bonds is 6. The molecule has 0 amide bonds. The Kier molecular flexibility index (Phi) is 6.22. The van der Waals surface area contributed by atoms with Crippen LogP contribution in [0.3, 0.4) is 0 Å². The zero-order chi connectivity index (χ0) is 24.7. The predicted octanol–water partition coefficient (Wildman–Crippen LogP) is 6.97. The first kappa shape index (κ1) is 23.3. The van der Waals surface area contributed by atoms with Crippen molar-refractivity contribution in [1.82, 2.24) is 0 Å². The third-order valence-corrected chi connectivity index (χ3v) is 7.48. The molecule has 1 saturated carbocycles. The van der Waals surface area contributed by atoms with Crippen molar-refractivity contribution in [2.24, 2.45) is 0 Å². The van der Waals surface area contributed by atoms with Crippen LogP contribution in [0.1, 0.15) is 101 Å². The van der Waals surface area contributed by atoms with Gasteiger partial charge in [-0.2, -0.15) is 0 Å². The molecule has 3 aromatic rings. The third kappa shape index (κ3) is 4.38. The average Bonchev–Trinajstić information content (AvgIpc) is 3.41.